The number of carbonyl (C=O) groups excluding carboxylic acids is 1. The average molecular weight is 356 g/mol. The van der Waals surface area contributed by atoms with Crippen LogP contribution >= 0.6 is 11.6 Å². The monoisotopic (exact) mass is 355 g/mol. The van der Waals surface area contributed by atoms with Gasteiger partial charge < -0.3 is 20.5 Å². The second-order valence-electron chi connectivity index (χ2n) is 7.40. The number of halogens is 1. The number of carboxylic acid groups (broad SMARTS) is 1. The molecule has 1 aliphatic heterocycles. The zero-order chi connectivity index (χ0) is 18.1. The molecule has 2 rings (SSSR count). The third kappa shape index (κ3) is 3.42. The summed E-state index contributed by atoms with van der Waals surface area (Å²) in [4.78, 5) is 19.8. The molecule has 0 spiro atoms. The normalized spacial score (nSPS) is 27.6. The van der Waals surface area contributed by atoms with E-state index in [9.17, 15) is 9.90 Å². The first-order valence-electron chi connectivity index (χ1n) is 8.18. The molecular formula is C16H26ClN5O2. The first kappa shape index (κ1) is 18.7. The van der Waals surface area contributed by atoms with Gasteiger partial charge in [-0.3, -0.25) is 4.48 Å². The molecule has 0 saturated carbocycles. The number of hydrogen-bond donors (Lipinski definition) is 2. The predicted octanol–water partition coefficient (Wildman–Crippen LogP) is 1.76. The Balaban J connectivity index is 2.57. The minimum absolute atomic E-state index is 0.183. The summed E-state index contributed by atoms with van der Waals surface area (Å²) >= 11 is 6.21. The maximum Gasteiger partial charge on any atom is 0.234 e. The molecule has 3 atom stereocenters. The Labute approximate surface area is 148 Å². The summed E-state index contributed by atoms with van der Waals surface area (Å²) in [5, 5.41) is 16.9. The van der Waals surface area contributed by atoms with Crippen molar-refractivity contribution in [3.8, 4) is 0 Å². The highest BCUT2D eigenvalue weighted by molar-refractivity contribution is 6.29. The Hall–Kier alpha value is -1.60. The number of rotatable bonds is 3. The Morgan fingerprint density at radius 1 is 1.38 bits per heavy atom. The van der Waals surface area contributed by atoms with Gasteiger partial charge in [-0.2, -0.15) is 4.98 Å². The van der Waals surface area contributed by atoms with Gasteiger partial charge in [0.1, 0.15) is 17.8 Å². The van der Waals surface area contributed by atoms with Gasteiger partial charge in [0.05, 0.1) is 23.7 Å². The van der Waals surface area contributed by atoms with E-state index in [2.05, 4.69) is 48.3 Å². The number of hydrogen-bond acceptors (Lipinski definition) is 5. The topological polar surface area (TPSA) is 90.0 Å². The standard InChI is InChI=1S/C16H26ClN5O2/c1-10-6-7-11(19-15(23)24)9-22(10,16(2,3)4)13-8-12(17)20-14(18-5)21-13/h8,10-11,19H,6-7,9H2,1-5H3,(H-,18,20,21,23,24)/t10-,11+,22?/m0/s1. The van der Waals surface area contributed by atoms with Gasteiger partial charge in [0, 0.05) is 13.5 Å². The van der Waals surface area contributed by atoms with Crippen molar-refractivity contribution in [1.82, 2.24) is 19.8 Å². The van der Waals surface area contributed by atoms with Crippen LogP contribution in [0.5, 0.6) is 0 Å². The molecule has 1 saturated heterocycles. The number of carbonyl (C=O) groups is 1. The first-order valence-corrected chi connectivity index (χ1v) is 8.56. The van der Waals surface area contributed by atoms with Gasteiger partial charge in [-0.05, 0) is 34.1 Å². The predicted molar refractivity (Wildman–Crippen MR) is 94.0 cm³/mol. The van der Waals surface area contributed by atoms with Crippen LogP contribution in [0.3, 0.4) is 0 Å². The molecule has 0 radical (unpaired) electrons. The van der Waals surface area contributed by atoms with Crippen molar-refractivity contribution in [2.24, 2.45) is 0 Å². The van der Waals surface area contributed by atoms with Crippen molar-refractivity contribution >= 4 is 29.5 Å². The van der Waals surface area contributed by atoms with Crippen LogP contribution in [0.4, 0.5) is 16.6 Å². The van der Waals surface area contributed by atoms with E-state index in [4.69, 9.17) is 11.6 Å². The number of amides is 1. The molecule has 0 aromatic carbocycles. The lowest BCUT2D eigenvalue weighted by atomic mass is 9.87. The second kappa shape index (κ2) is 6.72. The van der Waals surface area contributed by atoms with E-state index in [-0.39, 0.29) is 17.6 Å². The minimum Gasteiger partial charge on any atom is -0.530 e. The number of anilines is 1. The van der Waals surface area contributed by atoms with Crippen LogP contribution in [0, 0.1) is 0 Å². The Bertz CT molecular complexity index is 619. The average Bonchev–Trinajstić information content (AvgIpc) is 2.46. The smallest absolute Gasteiger partial charge is 0.234 e. The second-order valence-corrected chi connectivity index (χ2v) is 7.79. The quantitative estimate of drug-likeness (QED) is 0.637. The SMILES string of the molecule is CNc1nc(Cl)cc([N+]2(C(C)(C)C)C[C@H](NC(=O)[O-])CC[C@@H]2C)n1. The van der Waals surface area contributed by atoms with Gasteiger partial charge in [-0.25, -0.2) is 4.98 Å². The molecule has 1 aromatic heterocycles. The fourth-order valence-electron chi connectivity index (χ4n) is 3.89. The highest BCUT2D eigenvalue weighted by Gasteiger charge is 2.52. The maximum absolute atomic E-state index is 11.0. The summed E-state index contributed by atoms with van der Waals surface area (Å²) in [6.45, 7) is 9.19. The molecule has 0 bridgehead atoms. The Kier molecular flexibility index (Phi) is 5.25. The maximum atomic E-state index is 11.0. The van der Waals surface area contributed by atoms with Crippen molar-refractivity contribution in [2.75, 3.05) is 18.9 Å². The van der Waals surface area contributed by atoms with E-state index in [1.807, 2.05) is 0 Å². The van der Waals surface area contributed by atoms with Crippen molar-refractivity contribution < 1.29 is 9.90 Å². The molecular weight excluding hydrogens is 330 g/mol. The molecule has 0 aliphatic carbocycles. The van der Waals surface area contributed by atoms with Crippen molar-refractivity contribution in [1.29, 1.82) is 0 Å². The van der Waals surface area contributed by atoms with Gasteiger partial charge in [0.2, 0.25) is 11.8 Å². The van der Waals surface area contributed by atoms with Crippen molar-refractivity contribution in [2.45, 2.75) is 58.2 Å². The van der Waals surface area contributed by atoms with Crippen LogP contribution in [-0.4, -0.2) is 47.3 Å². The lowest BCUT2D eigenvalue weighted by molar-refractivity contribution is -0.252. The van der Waals surface area contributed by atoms with E-state index in [0.717, 1.165) is 18.7 Å². The largest absolute Gasteiger partial charge is 0.530 e. The van der Waals surface area contributed by atoms with Crippen LogP contribution in [0.1, 0.15) is 40.5 Å². The van der Waals surface area contributed by atoms with Crippen LogP contribution in [0.25, 0.3) is 0 Å². The number of nitrogens with zero attached hydrogens (tertiary/aromatic N) is 3. The minimum atomic E-state index is -1.24. The molecule has 2 heterocycles. The fourth-order valence-corrected chi connectivity index (χ4v) is 4.06. The Morgan fingerprint density at radius 3 is 2.58 bits per heavy atom. The molecule has 2 N–H and O–H groups in total. The number of aromatic nitrogens is 2. The third-order valence-electron chi connectivity index (χ3n) is 5.03. The molecule has 7 nitrogen and oxygen atoms in total. The summed E-state index contributed by atoms with van der Waals surface area (Å²) in [6.07, 6.45) is 0.417. The van der Waals surface area contributed by atoms with Gasteiger partial charge in [0.25, 0.3) is 0 Å². The van der Waals surface area contributed by atoms with E-state index in [1.165, 1.54) is 0 Å². The summed E-state index contributed by atoms with van der Waals surface area (Å²) in [6, 6.07) is 1.86. The molecule has 1 amide bonds. The number of nitrogens with one attached hydrogen (secondary N) is 2. The van der Waals surface area contributed by atoms with E-state index >= 15 is 0 Å². The van der Waals surface area contributed by atoms with Crippen molar-refractivity contribution in [3.05, 3.63) is 11.2 Å². The number of piperidine rings is 1. The Morgan fingerprint density at radius 2 is 2.04 bits per heavy atom. The first-order chi connectivity index (χ1) is 11.1. The molecule has 24 heavy (non-hydrogen) atoms. The molecule has 1 fully saturated rings. The van der Waals surface area contributed by atoms with E-state index in [0.29, 0.717) is 22.1 Å². The molecule has 1 unspecified atom stereocenters. The van der Waals surface area contributed by atoms with Gasteiger partial charge >= 0.3 is 0 Å². The van der Waals surface area contributed by atoms with Gasteiger partial charge in [0.15, 0.2) is 0 Å². The zero-order valence-corrected chi connectivity index (χ0v) is 15.6. The summed E-state index contributed by atoms with van der Waals surface area (Å²) < 4.78 is 0.523. The van der Waals surface area contributed by atoms with E-state index < -0.39 is 6.09 Å². The number of likely N-dealkylation sites (tertiary alicyclic amines) is 1. The zero-order valence-electron chi connectivity index (χ0n) is 14.9. The fraction of sp³-hybridized carbons (Fsp3) is 0.688. The van der Waals surface area contributed by atoms with Crippen LogP contribution in [-0.2, 0) is 0 Å². The molecule has 1 aromatic rings. The summed E-state index contributed by atoms with van der Waals surface area (Å²) in [5.41, 5.74) is -0.200. The highest BCUT2D eigenvalue weighted by Crippen LogP contribution is 2.40. The summed E-state index contributed by atoms with van der Waals surface area (Å²) in [7, 11) is 1.75. The molecule has 1 aliphatic rings. The van der Waals surface area contributed by atoms with Crippen LogP contribution < -0.4 is 20.2 Å². The molecule has 134 valence electrons. The van der Waals surface area contributed by atoms with Gasteiger partial charge in [-0.15, -0.1) is 0 Å². The molecule has 8 heteroatoms. The lowest BCUT2D eigenvalue weighted by Crippen LogP contribution is -2.72. The van der Waals surface area contributed by atoms with Crippen molar-refractivity contribution in [3.63, 3.8) is 0 Å². The third-order valence-corrected chi connectivity index (χ3v) is 5.22. The summed E-state index contributed by atoms with van der Waals surface area (Å²) in [5.74, 6) is 1.26. The van der Waals surface area contributed by atoms with Crippen LogP contribution in [0.2, 0.25) is 5.15 Å². The van der Waals surface area contributed by atoms with Crippen LogP contribution in [0.15, 0.2) is 6.07 Å². The number of quaternary nitrogens is 1. The lowest BCUT2D eigenvalue weighted by Gasteiger charge is -2.55. The van der Waals surface area contributed by atoms with Gasteiger partial charge in [-0.1, -0.05) is 11.6 Å². The van der Waals surface area contributed by atoms with E-state index in [1.54, 1.807) is 13.1 Å². The highest BCUT2D eigenvalue weighted by atomic mass is 35.5.